The van der Waals surface area contributed by atoms with Gasteiger partial charge in [0.25, 0.3) is 0 Å². The molecule has 0 aromatic heterocycles. The summed E-state index contributed by atoms with van der Waals surface area (Å²) in [5.74, 6) is -0.210. The molecule has 0 amide bonds. The van der Waals surface area contributed by atoms with E-state index in [1.54, 1.807) is 0 Å². The predicted octanol–water partition coefficient (Wildman–Crippen LogP) is 12.4. The van der Waals surface area contributed by atoms with E-state index in [0.29, 0.717) is 19.6 Å². The lowest BCUT2D eigenvalue weighted by atomic mass is 10.1. The molecule has 0 heterocycles. The highest BCUT2D eigenvalue weighted by atomic mass is 16.6. The van der Waals surface area contributed by atoms with E-state index in [1.807, 2.05) is 0 Å². The highest BCUT2D eigenvalue weighted by Crippen LogP contribution is 2.13. The predicted molar refractivity (Wildman–Crippen MR) is 191 cm³/mol. The van der Waals surface area contributed by atoms with E-state index >= 15 is 0 Å². The Balaban J connectivity index is 3.42. The van der Waals surface area contributed by atoms with Gasteiger partial charge in [-0.2, -0.15) is 0 Å². The van der Waals surface area contributed by atoms with Crippen LogP contribution in [0.4, 0.5) is 0 Å². The quantitative estimate of drug-likeness (QED) is 0.0430. The molecule has 260 valence electrons. The Morgan fingerprint density at radius 3 is 1.32 bits per heavy atom. The van der Waals surface area contributed by atoms with E-state index in [1.165, 1.54) is 161 Å². The van der Waals surface area contributed by atoms with Crippen molar-refractivity contribution in [1.82, 2.24) is 0 Å². The summed E-state index contributed by atoms with van der Waals surface area (Å²) in [6.45, 7) is 5.33. The average molecular weight is 621 g/mol. The highest BCUT2D eigenvalue weighted by Gasteiger charge is 2.13. The largest absolute Gasteiger partial charge is 0.457 e. The van der Waals surface area contributed by atoms with Crippen molar-refractivity contribution in [2.45, 2.75) is 206 Å². The Hall–Kier alpha value is -1.13. The minimum Gasteiger partial charge on any atom is -0.457 e. The summed E-state index contributed by atoms with van der Waals surface area (Å²) in [4.78, 5) is 12.1. The smallest absolute Gasteiger partial charge is 0.306 e. The molecule has 0 aromatic carbocycles. The first-order chi connectivity index (χ1) is 21.7. The SMILES string of the molecule is CCCCCC/C=C\CCCCCCCC(=O)OC(CO)COCCCCCCCCCC/C=C\CCCCCCCCC. The van der Waals surface area contributed by atoms with Crippen molar-refractivity contribution in [3.8, 4) is 0 Å². The van der Waals surface area contributed by atoms with Crippen LogP contribution < -0.4 is 0 Å². The number of hydrogen-bond acceptors (Lipinski definition) is 4. The number of esters is 1. The van der Waals surface area contributed by atoms with E-state index < -0.39 is 6.10 Å². The molecular weight excluding hydrogens is 544 g/mol. The van der Waals surface area contributed by atoms with E-state index in [0.717, 1.165) is 19.3 Å². The zero-order valence-electron chi connectivity index (χ0n) is 29.7. The lowest BCUT2D eigenvalue weighted by molar-refractivity contribution is -0.154. The number of aliphatic hydroxyl groups excluding tert-OH is 1. The lowest BCUT2D eigenvalue weighted by Crippen LogP contribution is -2.27. The second-order valence-corrected chi connectivity index (χ2v) is 13.0. The van der Waals surface area contributed by atoms with Crippen LogP contribution in [-0.4, -0.2) is 37.0 Å². The van der Waals surface area contributed by atoms with Crippen LogP contribution in [0.5, 0.6) is 0 Å². The standard InChI is InChI=1S/C40H76O4/c1-3-5-7-9-11-13-15-17-18-19-20-21-22-24-26-28-30-32-34-36-43-38-39(37-41)44-40(42)35-33-31-29-27-25-23-16-14-12-10-8-6-4-2/h14,16,18-19,39,41H,3-13,15,17,20-38H2,1-2H3/b16-14-,19-18-. The van der Waals surface area contributed by atoms with E-state index in [-0.39, 0.29) is 12.6 Å². The number of rotatable bonds is 36. The summed E-state index contributed by atoms with van der Waals surface area (Å²) >= 11 is 0. The van der Waals surface area contributed by atoms with Crippen molar-refractivity contribution in [2.24, 2.45) is 0 Å². The molecule has 4 heteroatoms. The molecule has 4 nitrogen and oxygen atoms in total. The molecule has 0 aromatic rings. The van der Waals surface area contributed by atoms with E-state index in [2.05, 4.69) is 38.2 Å². The molecule has 44 heavy (non-hydrogen) atoms. The lowest BCUT2D eigenvalue weighted by Gasteiger charge is -2.15. The van der Waals surface area contributed by atoms with Gasteiger partial charge in [-0.15, -0.1) is 0 Å². The molecule has 1 atom stereocenters. The van der Waals surface area contributed by atoms with Gasteiger partial charge in [-0.1, -0.05) is 154 Å². The van der Waals surface area contributed by atoms with Crippen molar-refractivity contribution in [3.63, 3.8) is 0 Å². The second-order valence-electron chi connectivity index (χ2n) is 13.0. The van der Waals surface area contributed by atoms with Crippen LogP contribution in [0.3, 0.4) is 0 Å². The molecule has 0 radical (unpaired) electrons. The zero-order chi connectivity index (χ0) is 32.0. The van der Waals surface area contributed by atoms with Crippen LogP contribution in [-0.2, 0) is 14.3 Å². The fraction of sp³-hybridized carbons (Fsp3) is 0.875. The normalized spacial score (nSPS) is 12.5. The van der Waals surface area contributed by atoms with Gasteiger partial charge in [0.1, 0.15) is 6.10 Å². The van der Waals surface area contributed by atoms with Crippen molar-refractivity contribution in [3.05, 3.63) is 24.3 Å². The van der Waals surface area contributed by atoms with E-state index in [4.69, 9.17) is 9.47 Å². The summed E-state index contributed by atoms with van der Waals surface area (Å²) in [6, 6.07) is 0. The molecule has 0 aliphatic heterocycles. The number of unbranched alkanes of at least 4 members (excludes halogenated alkanes) is 24. The molecule has 0 fully saturated rings. The van der Waals surface area contributed by atoms with Gasteiger partial charge in [0.15, 0.2) is 0 Å². The second kappa shape index (κ2) is 38.1. The fourth-order valence-electron chi connectivity index (χ4n) is 5.55. The van der Waals surface area contributed by atoms with Crippen molar-refractivity contribution in [2.75, 3.05) is 19.8 Å². The Morgan fingerprint density at radius 2 is 0.886 bits per heavy atom. The topological polar surface area (TPSA) is 55.8 Å². The molecule has 0 bridgehead atoms. The Kier molecular flexibility index (Phi) is 37.1. The molecule has 0 spiro atoms. The van der Waals surface area contributed by atoms with Gasteiger partial charge in [0.2, 0.25) is 0 Å². The number of allylic oxidation sites excluding steroid dienone is 4. The number of aliphatic hydroxyl groups is 1. The van der Waals surface area contributed by atoms with Crippen LogP contribution >= 0.6 is 0 Å². The maximum atomic E-state index is 12.1. The molecule has 1 N–H and O–H groups in total. The Labute approximate surface area is 275 Å². The maximum Gasteiger partial charge on any atom is 0.306 e. The van der Waals surface area contributed by atoms with Gasteiger partial charge < -0.3 is 14.6 Å². The first kappa shape index (κ1) is 42.9. The van der Waals surface area contributed by atoms with Crippen LogP contribution in [0, 0.1) is 0 Å². The third-order valence-electron chi connectivity index (χ3n) is 8.50. The third-order valence-corrected chi connectivity index (χ3v) is 8.50. The summed E-state index contributed by atoms with van der Waals surface area (Å²) in [6.07, 6.45) is 45.1. The van der Waals surface area contributed by atoms with Gasteiger partial charge in [0.05, 0.1) is 13.2 Å². The van der Waals surface area contributed by atoms with Crippen molar-refractivity contribution < 1.29 is 19.4 Å². The Bertz CT molecular complexity index is 614. The van der Waals surface area contributed by atoms with Gasteiger partial charge in [-0.25, -0.2) is 0 Å². The van der Waals surface area contributed by atoms with Gasteiger partial charge >= 0.3 is 5.97 Å². The van der Waals surface area contributed by atoms with Crippen molar-refractivity contribution >= 4 is 5.97 Å². The number of carbonyl (C=O) groups excluding carboxylic acids is 1. The Morgan fingerprint density at radius 1 is 0.523 bits per heavy atom. The number of hydrogen-bond donors (Lipinski definition) is 1. The first-order valence-corrected chi connectivity index (χ1v) is 19.4. The molecular formula is C40H76O4. The van der Waals surface area contributed by atoms with Gasteiger partial charge in [-0.05, 0) is 64.2 Å². The van der Waals surface area contributed by atoms with Gasteiger partial charge in [-0.3, -0.25) is 4.79 Å². The molecule has 0 rings (SSSR count). The fourth-order valence-corrected chi connectivity index (χ4v) is 5.55. The minimum absolute atomic E-state index is 0.174. The van der Waals surface area contributed by atoms with Crippen LogP contribution in [0.25, 0.3) is 0 Å². The summed E-state index contributed by atoms with van der Waals surface area (Å²) < 4.78 is 11.1. The minimum atomic E-state index is -0.536. The molecule has 1 unspecified atom stereocenters. The molecule has 0 saturated carbocycles. The molecule has 0 aliphatic carbocycles. The molecule has 0 aliphatic rings. The van der Waals surface area contributed by atoms with Crippen LogP contribution in [0.2, 0.25) is 0 Å². The van der Waals surface area contributed by atoms with Crippen LogP contribution in [0.1, 0.15) is 200 Å². The average Bonchev–Trinajstić information content (AvgIpc) is 3.03. The zero-order valence-corrected chi connectivity index (χ0v) is 29.7. The summed E-state index contributed by atoms with van der Waals surface area (Å²) in [7, 11) is 0. The summed E-state index contributed by atoms with van der Waals surface area (Å²) in [5.41, 5.74) is 0. The number of carbonyl (C=O) groups is 1. The van der Waals surface area contributed by atoms with Crippen LogP contribution in [0.15, 0.2) is 24.3 Å². The molecule has 0 saturated heterocycles. The third kappa shape index (κ3) is 35.4. The highest BCUT2D eigenvalue weighted by molar-refractivity contribution is 5.69. The first-order valence-electron chi connectivity index (χ1n) is 19.4. The maximum absolute atomic E-state index is 12.1. The summed E-state index contributed by atoms with van der Waals surface area (Å²) in [5, 5.41) is 9.56. The van der Waals surface area contributed by atoms with Crippen molar-refractivity contribution in [1.29, 1.82) is 0 Å². The van der Waals surface area contributed by atoms with E-state index in [9.17, 15) is 9.90 Å². The van der Waals surface area contributed by atoms with Gasteiger partial charge in [0, 0.05) is 13.0 Å². The number of ether oxygens (including phenoxy) is 2. The monoisotopic (exact) mass is 621 g/mol.